The third kappa shape index (κ3) is 1.59. The number of carbonyl (C=O) groups excluding carboxylic acids is 1. The molecule has 1 aromatic carbocycles. The van der Waals surface area contributed by atoms with Crippen molar-refractivity contribution in [3.05, 3.63) is 34.2 Å². The van der Waals surface area contributed by atoms with Crippen molar-refractivity contribution in [2.24, 2.45) is 0 Å². The summed E-state index contributed by atoms with van der Waals surface area (Å²) in [5, 5.41) is 0. The first kappa shape index (κ1) is 8.74. The summed E-state index contributed by atoms with van der Waals surface area (Å²) in [6.45, 7) is 1.55. The first-order valence-corrected chi connectivity index (χ1v) is 4.35. The second-order valence-corrected chi connectivity index (χ2v) is 3.34. The lowest BCUT2D eigenvalue weighted by molar-refractivity contribution is -0.116. The molecular formula is C10H10N2O2. The molecule has 0 radical (unpaired) electrons. The maximum atomic E-state index is 10.9. The van der Waals surface area contributed by atoms with Crippen LogP contribution in [-0.4, -0.2) is 15.8 Å². The van der Waals surface area contributed by atoms with Crippen molar-refractivity contribution in [3.63, 3.8) is 0 Å². The molecule has 0 unspecified atom stereocenters. The maximum Gasteiger partial charge on any atom is 0.323 e. The van der Waals surface area contributed by atoms with Gasteiger partial charge in [0, 0.05) is 6.42 Å². The fourth-order valence-electron chi connectivity index (χ4n) is 1.48. The third-order valence-corrected chi connectivity index (χ3v) is 2.03. The molecule has 0 aliphatic carbocycles. The summed E-state index contributed by atoms with van der Waals surface area (Å²) in [4.78, 5) is 27.1. The van der Waals surface area contributed by atoms with E-state index in [9.17, 15) is 9.59 Å². The minimum atomic E-state index is -0.222. The largest absolute Gasteiger partial charge is 0.323 e. The zero-order valence-electron chi connectivity index (χ0n) is 7.76. The lowest BCUT2D eigenvalue weighted by Gasteiger charge is -1.96. The zero-order chi connectivity index (χ0) is 10.1. The van der Waals surface area contributed by atoms with Crippen LogP contribution in [0.3, 0.4) is 0 Å². The van der Waals surface area contributed by atoms with E-state index < -0.39 is 0 Å². The van der Waals surface area contributed by atoms with Gasteiger partial charge in [0.1, 0.15) is 5.78 Å². The molecule has 0 aliphatic heterocycles. The molecule has 0 fully saturated rings. The monoisotopic (exact) mass is 190 g/mol. The van der Waals surface area contributed by atoms with Gasteiger partial charge < -0.3 is 9.97 Å². The normalized spacial score (nSPS) is 10.6. The van der Waals surface area contributed by atoms with Crippen molar-refractivity contribution in [1.29, 1.82) is 0 Å². The number of Topliss-reactive ketones (excluding diaryl/α,β-unsaturated/α-hetero) is 1. The Kier molecular flexibility index (Phi) is 1.96. The number of carbonyl (C=O) groups is 1. The summed E-state index contributed by atoms with van der Waals surface area (Å²) < 4.78 is 0. The van der Waals surface area contributed by atoms with Crippen molar-refractivity contribution in [2.45, 2.75) is 13.3 Å². The van der Waals surface area contributed by atoms with E-state index in [1.165, 1.54) is 0 Å². The smallest absolute Gasteiger partial charge is 0.306 e. The van der Waals surface area contributed by atoms with E-state index in [0.717, 1.165) is 16.6 Å². The Morgan fingerprint density at radius 1 is 1.29 bits per heavy atom. The van der Waals surface area contributed by atoms with Crippen LogP contribution in [0.4, 0.5) is 0 Å². The number of fused-ring (bicyclic) bond motifs is 1. The van der Waals surface area contributed by atoms with Crippen LogP contribution in [0.15, 0.2) is 23.0 Å². The number of H-pyrrole nitrogens is 2. The summed E-state index contributed by atoms with van der Waals surface area (Å²) >= 11 is 0. The molecular weight excluding hydrogens is 180 g/mol. The third-order valence-electron chi connectivity index (χ3n) is 2.03. The molecule has 0 saturated heterocycles. The molecule has 0 atom stereocenters. The van der Waals surface area contributed by atoms with Crippen LogP contribution in [0.25, 0.3) is 11.0 Å². The van der Waals surface area contributed by atoms with E-state index in [-0.39, 0.29) is 11.5 Å². The van der Waals surface area contributed by atoms with Crippen LogP contribution >= 0.6 is 0 Å². The fraction of sp³-hybridized carbons (Fsp3) is 0.200. The first-order valence-electron chi connectivity index (χ1n) is 4.35. The molecule has 1 heterocycles. The van der Waals surface area contributed by atoms with Crippen LogP contribution < -0.4 is 5.69 Å². The molecule has 14 heavy (non-hydrogen) atoms. The van der Waals surface area contributed by atoms with Crippen LogP contribution in [0.1, 0.15) is 12.5 Å². The van der Waals surface area contributed by atoms with Gasteiger partial charge >= 0.3 is 5.69 Å². The Morgan fingerprint density at radius 3 is 2.71 bits per heavy atom. The Morgan fingerprint density at radius 2 is 2.00 bits per heavy atom. The van der Waals surface area contributed by atoms with E-state index in [1.54, 1.807) is 13.0 Å². The topological polar surface area (TPSA) is 65.7 Å². The van der Waals surface area contributed by atoms with Crippen molar-refractivity contribution >= 4 is 16.8 Å². The standard InChI is InChI=1S/C10H10N2O2/c1-6(13)4-7-2-3-8-9(5-7)12-10(14)11-8/h2-3,5H,4H2,1H3,(H2,11,12,14). The van der Waals surface area contributed by atoms with Gasteiger partial charge in [0.05, 0.1) is 11.0 Å². The van der Waals surface area contributed by atoms with Crippen LogP contribution in [0.2, 0.25) is 0 Å². The number of hydrogen-bond acceptors (Lipinski definition) is 2. The maximum absolute atomic E-state index is 10.9. The second kappa shape index (κ2) is 3.14. The van der Waals surface area contributed by atoms with Crippen molar-refractivity contribution < 1.29 is 4.79 Å². The van der Waals surface area contributed by atoms with Gasteiger partial charge in [-0.2, -0.15) is 0 Å². The van der Waals surface area contributed by atoms with Gasteiger partial charge in [-0.3, -0.25) is 4.79 Å². The number of hydrogen-bond donors (Lipinski definition) is 2. The number of aromatic nitrogens is 2. The Labute approximate surface area is 80.0 Å². The molecule has 4 nitrogen and oxygen atoms in total. The van der Waals surface area contributed by atoms with Gasteiger partial charge in [0.15, 0.2) is 0 Å². The van der Waals surface area contributed by atoms with Gasteiger partial charge in [-0.15, -0.1) is 0 Å². The van der Waals surface area contributed by atoms with Crippen molar-refractivity contribution in [1.82, 2.24) is 9.97 Å². The predicted molar refractivity (Wildman–Crippen MR) is 53.3 cm³/mol. The Bertz CT molecular complexity index is 536. The van der Waals surface area contributed by atoms with E-state index in [0.29, 0.717) is 6.42 Å². The molecule has 2 N–H and O–H groups in total. The highest BCUT2D eigenvalue weighted by Gasteiger charge is 2.01. The van der Waals surface area contributed by atoms with E-state index in [2.05, 4.69) is 9.97 Å². The number of benzene rings is 1. The number of nitrogens with one attached hydrogen (secondary N) is 2. The molecule has 2 rings (SSSR count). The zero-order valence-corrected chi connectivity index (χ0v) is 7.76. The SMILES string of the molecule is CC(=O)Cc1ccc2[nH]c(=O)[nH]c2c1. The molecule has 0 amide bonds. The highest BCUT2D eigenvalue weighted by atomic mass is 16.1. The van der Waals surface area contributed by atoms with Gasteiger partial charge in [0.25, 0.3) is 0 Å². The molecule has 72 valence electrons. The molecule has 1 aromatic heterocycles. The molecule has 2 aromatic rings. The first-order chi connectivity index (χ1) is 6.65. The fourth-order valence-corrected chi connectivity index (χ4v) is 1.48. The quantitative estimate of drug-likeness (QED) is 0.741. The highest BCUT2D eigenvalue weighted by Crippen LogP contribution is 2.10. The van der Waals surface area contributed by atoms with Gasteiger partial charge in [-0.05, 0) is 24.6 Å². The summed E-state index contributed by atoms with van der Waals surface area (Å²) in [5.74, 6) is 0.113. The lowest BCUT2D eigenvalue weighted by Crippen LogP contribution is -1.99. The molecule has 0 saturated carbocycles. The number of imidazole rings is 1. The van der Waals surface area contributed by atoms with Gasteiger partial charge in [-0.1, -0.05) is 6.07 Å². The molecule has 0 bridgehead atoms. The van der Waals surface area contributed by atoms with Crippen LogP contribution in [0, 0.1) is 0 Å². The lowest BCUT2D eigenvalue weighted by atomic mass is 10.1. The van der Waals surface area contributed by atoms with E-state index >= 15 is 0 Å². The minimum absolute atomic E-state index is 0.113. The Hall–Kier alpha value is -1.84. The van der Waals surface area contributed by atoms with Crippen molar-refractivity contribution in [3.8, 4) is 0 Å². The van der Waals surface area contributed by atoms with Gasteiger partial charge in [-0.25, -0.2) is 4.79 Å². The predicted octanol–water partition coefficient (Wildman–Crippen LogP) is 0.988. The van der Waals surface area contributed by atoms with Crippen LogP contribution in [0.5, 0.6) is 0 Å². The number of ketones is 1. The summed E-state index contributed by atoms with van der Waals surface area (Å²) in [6.07, 6.45) is 0.406. The summed E-state index contributed by atoms with van der Waals surface area (Å²) in [5.41, 5.74) is 2.20. The van der Waals surface area contributed by atoms with Crippen molar-refractivity contribution in [2.75, 3.05) is 0 Å². The molecule has 4 heteroatoms. The Balaban J connectivity index is 2.50. The van der Waals surface area contributed by atoms with E-state index in [1.807, 2.05) is 12.1 Å². The average Bonchev–Trinajstić information content (AvgIpc) is 2.42. The highest BCUT2D eigenvalue weighted by molar-refractivity contribution is 5.81. The number of rotatable bonds is 2. The average molecular weight is 190 g/mol. The molecule has 0 spiro atoms. The second-order valence-electron chi connectivity index (χ2n) is 3.34. The summed E-state index contributed by atoms with van der Waals surface area (Å²) in [7, 11) is 0. The van der Waals surface area contributed by atoms with Crippen LogP contribution in [-0.2, 0) is 11.2 Å². The minimum Gasteiger partial charge on any atom is -0.306 e. The van der Waals surface area contributed by atoms with Gasteiger partial charge in [0.2, 0.25) is 0 Å². The molecule has 0 aliphatic rings. The van der Waals surface area contributed by atoms with E-state index in [4.69, 9.17) is 0 Å². The number of aromatic amines is 2. The summed E-state index contributed by atoms with van der Waals surface area (Å²) in [6, 6.07) is 5.45.